The topological polar surface area (TPSA) is 81.9 Å². The molecule has 2 heterocycles. The van der Waals surface area contributed by atoms with Gasteiger partial charge in [-0.25, -0.2) is 14.6 Å². The summed E-state index contributed by atoms with van der Waals surface area (Å²) in [6.45, 7) is 2.39. The van der Waals surface area contributed by atoms with Gasteiger partial charge in [0.1, 0.15) is 23.4 Å². The molecule has 0 spiro atoms. The van der Waals surface area contributed by atoms with Gasteiger partial charge in [0.2, 0.25) is 5.91 Å². The van der Waals surface area contributed by atoms with Crippen molar-refractivity contribution in [1.29, 1.82) is 0 Å². The highest BCUT2D eigenvalue weighted by Crippen LogP contribution is 2.34. The summed E-state index contributed by atoms with van der Waals surface area (Å²) in [5, 5.41) is 8.92. The van der Waals surface area contributed by atoms with Crippen LogP contribution in [0.1, 0.15) is 18.2 Å². The first-order valence-electron chi connectivity index (χ1n) is 9.88. The fourth-order valence-corrected chi connectivity index (χ4v) is 3.99. The lowest BCUT2D eigenvalue weighted by atomic mass is 10.1. The molecule has 2 aromatic heterocycles. The van der Waals surface area contributed by atoms with Gasteiger partial charge in [-0.1, -0.05) is 12.1 Å². The number of thiazole rings is 1. The van der Waals surface area contributed by atoms with E-state index in [4.69, 9.17) is 4.74 Å². The molecule has 4 rings (SSSR count). The second-order valence-electron chi connectivity index (χ2n) is 6.87. The average Bonchev–Trinajstić information content (AvgIpc) is 3.46. The average molecular weight is 473 g/mol. The first kappa shape index (κ1) is 22.5. The number of ether oxygens (including phenoxy) is 1. The summed E-state index contributed by atoms with van der Waals surface area (Å²) in [5.41, 5.74) is 0.650. The van der Waals surface area contributed by atoms with E-state index < -0.39 is 17.6 Å². The van der Waals surface area contributed by atoms with Crippen LogP contribution in [0, 0.1) is 0 Å². The summed E-state index contributed by atoms with van der Waals surface area (Å²) in [4.78, 5) is 21.0. The van der Waals surface area contributed by atoms with Gasteiger partial charge in [-0.05, 0) is 37.3 Å². The number of alkyl halides is 3. The molecular weight excluding hydrogens is 455 g/mol. The number of nitrogens with zero attached hydrogens (tertiary/aromatic N) is 4. The van der Waals surface area contributed by atoms with E-state index in [-0.39, 0.29) is 17.8 Å². The lowest BCUT2D eigenvalue weighted by molar-refractivity contribution is -0.137. The van der Waals surface area contributed by atoms with E-state index in [0.717, 1.165) is 17.7 Å². The third kappa shape index (κ3) is 5.20. The molecule has 7 nitrogen and oxygen atoms in total. The molecule has 0 fully saturated rings. The number of aromatic nitrogens is 4. The van der Waals surface area contributed by atoms with Crippen LogP contribution < -0.4 is 10.1 Å². The van der Waals surface area contributed by atoms with Gasteiger partial charge in [-0.2, -0.15) is 18.3 Å². The summed E-state index contributed by atoms with van der Waals surface area (Å²) in [6, 6.07) is 10.5. The van der Waals surface area contributed by atoms with E-state index in [1.165, 1.54) is 34.7 Å². The second-order valence-corrected chi connectivity index (χ2v) is 7.73. The number of rotatable bonds is 7. The van der Waals surface area contributed by atoms with Gasteiger partial charge in [0, 0.05) is 5.38 Å². The van der Waals surface area contributed by atoms with E-state index in [1.807, 2.05) is 31.2 Å². The molecule has 1 N–H and O–H groups in total. The molecule has 0 aliphatic rings. The zero-order valence-electron chi connectivity index (χ0n) is 17.3. The molecule has 2 aromatic carbocycles. The quantitative estimate of drug-likeness (QED) is 0.409. The van der Waals surface area contributed by atoms with Crippen LogP contribution in [-0.2, 0) is 17.4 Å². The van der Waals surface area contributed by atoms with Crippen molar-refractivity contribution in [3.8, 4) is 22.0 Å². The van der Waals surface area contributed by atoms with Gasteiger partial charge in [0.15, 0.2) is 0 Å². The highest BCUT2D eigenvalue weighted by molar-refractivity contribution is 7.13. The van der Waals surface area contributed by atoms with Crippen LogP contribution in [0.4, 0.5) is 18.9 Å². The number of para-hydroxylation sites is 1. The summed E-state index contributed by atoms with van der Waals surface area (Å²) in [5.74, 6) is 0.178. The maximum atomic E-state index is 13.2. The SMILES string of the molecule is CCOc1ccccc1-c1nc(CC(=O)Nc2cc(C(F)(F)F)ccc2-n2cncn2)cs1. The summed E-state index contributed by atoms with van der Waals surface area (Å²) >= 11 is 1.36. The van der Waals surface area contributed by atoms with Crippen LogP contribution in [0.25, 0.3) is 16.3 Å². The Morgan fingerprint density at radius 1 is 1.21 bits per heavy atom. The summed E-state index contributed by atoms with van der Waals surface area (Å²) in [7, 11) is 0. The normalized spacial score (nSPS) is 11.4. The van der Waals surface area contributed by atoms with Crippen LogP contribution in [-0.4, -0.2) is 32.3 Å². The van der Waals surface area contributed by atoms with Crippen molar-refractivity contribution in [3.05, 3.63) is 71.8 Å². The Bertz CT molecular complexity index is 1260. The molecule has 170 valence electrons. The Labute approximate surface area is 190 Å². The molecule has 0 atom stereocenters. The van der Waals surface area contributed by atoms with Gasteiger partial charge < -0.3 is 10.1 Å². The van der Waals surface area contributed by atoms with Crippen molar-refractivity contribution >= 4 is 22.9 Å². The molecular formula is C22H18F3N5O2S. The fraction of sp³-hybridized carbons (Fsp3) is 0.182. The Balaban J connectivity index is 1.55. The Kier molecular flexibility index (Phi) is 6.40. The van der Waals surface area contributed by atoms with E-state index in [9.17, 15) is 18.0 Å². The van der Waals surface area contributed by atoms with Gasteiger partial charge in [0.05, 0.1) is 41.2 Å². The van der Waals surface area contributed by atoms with Crippen molar-refractivity contribution < 1.29 is 22.7 Å². The fourth-order valence-electron chi connectivity index (χ4n) is 3.14. The van der Waals surface area contributed by atoms with Gasteiger partial charge in [-0.15, -0.1) is 11.3 Å². The van der Waals surface area contributed by atoms with E-state index >= 15 is 0 Å². The molecule has 0 radical (unpaired) electrons. The molecule has 0 unspecified atom stereocenters. The van der Waals surface area contributed by atoms with Crippen LogP contribution in [0.2, 0.25) is 0 Å². The Hall–Kier alpha value is -3.73. The largest absolute Gasteiger partial charge is 0.493 e. The lowest BCUT2D eigenvalue weighted by Crippen LogP contribution is -2.17. The molecule has 11 heteroatoms. The third-order valence-corrected chi connectivity index (χ3v) is 5.50. The minimum Gasteiger partial charge on any atom is -0.493 e. The number of carbonyl (C=O) groups is 1. The smallest absolute Gasteiger partial charge is 0.416 e. The summed E-state index contributed by atoms with van der Waals surface area (Å²) < 4.78 is 46.5. The maximum absolute atomic E-state index is 13.2. The van der Waals surface area contributed by atoms with Gasteiger partial charge in [0.25, 0.3) is 0 Å². The number of hydrogen-bond donors (Lipinski definition) is 1. The maximum Gasteiger partial charge on any atom is 0.416 e. The van der Waals surface area contributed by atoms with Crippen LogP contribution >= 0.6 is 11.3 Å². The molecule has 4 aromatic rings. The molecule has 0 aliphatic carbocycles. The number of hydrogen-bond acceptors (Lipinski definition) is 6. The predicted molar refractivity (Wildman–Crippen MR) is 117 cm³/mol. The number of carbonyl (C=O) groups excluding carboxylic acids is 1. The lowest BCUT2D eigenvalue weighted by Gasteiger charge is -2.14. The molecule has 0 saturated carbocycles. The summed E-state index contributed by atoms with van der Waals surface area (Å²) in [6.07, 6.45) is -2.08. The monoisotopic (exact) mass is 473 g/mol. The minimum atomic E-state index is -4.56. The number of amides is 1. The van der Waals surface area contributed by atoms with Crippen LogP contribution in [0.3, 0.4) is 0 Å². The number of anilines is 1. The molecule has 0 saturated heterocycles. The molecule has 33 heavy (non-hydrogen) atoms. The predicted octanol–water partition coefficient (Wildman–Crippen LogP) is 4.99. The van der Waals surface area contributed by atoms with Crippen molar-refractivity contribution in [2.24, 2.45) is 0 Å². The second kappa shape index (κ2) is 9.41. The van der Waals surface area contributed by atoms with Crippen molar-refractivity contribution in [2.45, 2.75) is 19.5 Å². The number of nitrogens with one attached hydrogen (secondary N) is 1. The molecule has 1 amide bonds. The zero-order valence-corrected chi connectivity index (χ0v) is 18.2. The van der Waals surface area contributed by atoms with Crippen molar-refractivity contribution in [3.63, 3.8) is 0 Å². The molecule has 0 bridgehead atoms. The van der Waals surface area contributed by atoms with E-state index in [1.54, 1.807) is 5.38 Å². The highest BCUT2D eigenvalue weighted by Gasteiger charge is 2.31. The van der Waals surface area contributed by atoms with Gasteiger partial charge >= 0.3 is 6.18 Å². The highest BCUT2D eigenvalue weighted by atomic mass is 32.1. The minimum absolute atomic E-state index is 0.0301. The first-order valence-corrected chi connectivity index (χ1v) is 10.8. The van der Waals surface area contributed by atoms with Gasteiger partial charge in [-0.3, -0.25) is 4.79 Å². The molecule has 0 aliphatic heterocycles. The van der Waals surface area contributed by atoms with Crippen LogP contribution in [0.5, 0.6) is 5.75 Å². The van der Waals surface area contributed by atoms with E-state index in [2.05, 4.69) is 20.4 Å². The van der Waals surface area contributed by atoms with Crippen LogP contribution in [0.15, 0.2) is 60.5 Å². The Morgan fingerprint density at radius 3 is 2.76 bits per heavy atom. The van der Waals surface area contributed by atoms with Crippen molar-refractivity contribution in [2.75, 3.05) is 11.9 Å². The zero-order chi connectivity index (χ0) is 23.4. The Morgan fingerprint density at radius 2 is 2.03 bits per heavy atom. The van der Waals surface area contributed by atoms with E-state index in [0.29, 0.717) is 23.1 Å². The standard InChI is InChI=1S/C22H18F3N5O2S/c1-2-32-19-6-4-3-5-16(19)21-28-15(11-33-21)10-20(31)29-17-9-14(22(23,24)25)7-8-18(17)30-13-26-12-27-30/h3-9,11-13H,2,10H2,1H3,(H,29,31). The number of halogens is 3. The van der Waals surface area contributed by atoms with Crippen molar-refractivity contribution in [1.82, 2.24) is 19.7 Å². The first-order chi connectivity index (χ1) is 15.8. The third-order valence-electron chi connectivity index (χ3n) is 4.57. The number of benzene rings is 2.